The Bertz CT molecular complexity index is 979. The van der Waals surface area contributed by atoms with Crippen molar-refractivity contribution < 1.29 is 4.79 Å². The highest BCUT2D eigenvalue weighted by Crippen LogP contribution is 2.30. The van der Waals surface area contributed by atoms with Crippen LogP contribution < -0.4 is 10.6 Å². The SMILES string of the molecule is N#Cc1ccc(Nc2nccc(C(=O)Nc3c(Cl)cccc3Cl)n2)cc1. The fourth-order valence-corrected chi connectivity index (χ4v) is 2.59. The van der Waals surface area contributed by atoms with E-state index in [4.69, 9.17) is 28.5 Å². The fourth-order valence-electron chi connectivity index (χ4n) is 2.10. The Morgan fingerprint density at radius 2 is 1.73 bits per heavy atom. The lowest BCUT2D eigenvalue weighted by Crippen LogP contribution is -2.15. The zero-order chi connectivity index (χ0) is 18.5. The van der Waals surface area contributed by atoms with Crippen molar-refractivity contribution in [3.05, 3.63) is 76.0 Å². The molecule has 128 valence electrons. The van der Waals surface area contributed by atoms with Crippen LogP contribution in [0.5, 0.6) is 0 Å². The van der Waals surface area contributed by atoms with Crippen LogP contribution in [-0.4, -0.2) is 15.9 Å². The van der Waals surface area contributed by atoms with E-state index in [1.54, 1.807) is 42.5 Å². The molecule has 3 aromatic rings. The molecular formula is C18H11Cl2N5O. The maximum atomic E-state index is 12.4. The molecule has 8 heteroatoms. The van der Waals surface area contributed by atoms with E-state index in [-0.39, 0.29) is 11.6 Å². The first-order chi connectivity index (χ1) is 12.6. The van der Waals surface area contributed by atoms with Crippen LogP contribution in [0.4, 0.5) is 17.3 Å². The average molecular weight is 384 g/mol. The molecule has 6 nitrogen and oxygen atoms in total. The lowest BCUT2D eigenvalue weighted by molar-refractivity contribution is 0.102. The number of para-hydroxylation sites is 1. The summed E-state index contributed by atoms with van der Waals surface area (Å²) >= 11 is 12.1. The summed E-state index contributed by atoms with van der Waals surface area (Å²) in [6.45, 7) is 0. The number of amides is 1. The maximum absolute atomic E-state index is 12.4. The lowest BCUT2D eigenvalue weighted by atomic mass is 10.2. The molecule has 0 spiro atoms. The molecule has 26 heavy (non-hydrogen) atoms. The van der Waals surface area contributed by atoms with Gasteiger partial charge in [-0.05, 0) is 42.5 Å². The van der Waals surface area contributed by atoms with E-state index in [9.17, 15) is 4.79 Å². The van der Waals surface area contributed by atoms with Crippen LogP contribution in [0.1, 0.15) is 16.1 Å². The van der Waals surface area contributed by atoms with Gasteiger partial charge in [0.2, 0.25) is 5.95 Å². The fraction of sp³-hybridized carbons (Fsp3) is 0. The minimum atomic E-state index is -0.467. The van der Waals surface area contributed by atoms with Crippen molar-refractivity contribution in [1.29, 1.82) is 5.26 Å². The molecule has 1 amide bonds. The van der Waals surface area contributed by atoms with Gasteiger partial charge in [0, 0.05) is 11.9 Å². The quantitative estimate of drug-likeness (QED) is 0.683. The molecule has 0 aliphatic heterocycles. The van der Waals surface area contributed by atoms with Crippen LogP contribution in [0.2, 0.25) is 10.0 Å². The summed E-state index contributed by atoms with van der Waals surface area (Å²) in [5, 5.41) is 15.1. The third kappa shape index (κ3) is 4.09. The number of hydrogen-bond acceptors (Lipinski definition) is 5. The van der Waals surface area contributed by atoms with Gasteiger partial charge in [0.05, 0.1) is 27.4 Å². The summed E-state index contributed by atoms with van der Waals surface area (Å²) in [6.07, 6.45) is 1.46. The van der Waals surface area contributed by atoms with Crippen LogP contribution in [0.15, 0.2) is 54.7 Å². The molecule has 0 unspecified atom stereocenters. The molecule has 0 aliphatic rings. The second-order valence-electron chi connectivity index (χ2n) is 5.13. The van der Waals surface area contributed by atoms with Crippen LogP contribution in [0, 0.1) is 11.3 Å². The summed E-state index contributed by atoms with van der Waals surface area (Å²) < 4.78 is 0. The molecule has 0 saturated heterocycles. The number of hydrogen-bond donors (Lipinski definition) is 2. The third-order valence-electron chi connectivity index (χ3n) is 3.36. The molecule has 2 aromatic carbocycles. The van der Waals surface area contributed by atoms with Gasteiger partial charge in [-0.3, -0.25) is 4.79 Å². The first-order valence-corrected chi connectivity index (χ1v) is 8.18. The van der Waals surface area contributed by atoms with Crippen molar-refractivity contribution in [2.45, 2.75) is 0 Å². The number of halogens is 2. The van der Waals surface area contributed by atoms with Gasteiger partial charge in [-0.1, -0.05) is 29.3 Å². The number of rotatable bonds is 4. The van der Waals surface area contributed by atoms with Crippen molar-refractivity contribution in [2.24, 2.45) is 0 Å². The van der Waals surface area contributed by atoms with E-state index in [0.29, 0.717) is 27.0 Å². The van der Waals surface area contributed by atoms with Gasteiger partial charge in [0.1, 0.15) is 5.69 Å². The van der Waals surface area contributed by atoms with Gasteiger partial charge in [-0.25, -0.2) is 9.97 Å². The third-order valence-corrected chi connectivity index (χ3v) is 3.99. The monoisotopic (exact) mass is 383 g/mol. The van der Waals surface area contributed by atoms with Crippen molar-refractivity contribution in [1.82, 2.24) is 9.97 Å². The van der Waals surface area contributed by atoms with Crippen LogP contribution in [-0.2, 0) is 0 Å². The van der Waals surface area contributed by atoms with Gasteiger partial charge >= 0.3 is 0 Å². The summed E-state index contributed by atoms with van der Waals surface area (Å²) in [6, 6.07) is 15.2. The first kappa shape index (κ1) is 17.7. The molecular weight excluding hydrogens is 373 g/mol. The Balaban J connectivity index is 1.78. The number of aromatic nitrogens is 2. The van der Waals surface area contributed by atoms with Gasteiger partial charge < -0.3 is 10.6 Å². The number of benzene rings is 2. The smallest absolute Gasteiger partial charge is 0.274 e. The number of nitriles is 1. The van der Waals surface area contributed by atoms with E-state index in [1.807, 2.05) is 6.07 Å². The predicted octanol–water partition coefficient (Wildman–Crippen LogP) is 4.65. The molecule has 0 saturated carbocycles. The van der Waals surface area contributed by atoms with Gasteiger partial charge in [-0.15, -0.1) is 0 Å². The lowest BCUT2D eigenvalue weighted by Gasteiger charge is -2.10. The zero-order valence-electron chi connectivity index (χ0n) is 13.2. The molecule has 0 aliphatic carbocycles. The highest BCUT2D eigenvalue weighted by Gasteiger charge is 2.13. The predicted molar refractivity (Wildman–Crippen MR) is 101 cm³/mol. The molecule has 0 radical (unpaired) electrons. The normalized spacial score (nSPS) is 10.0. The van der Waals surface area contributed by atoms with Crippen molar-refractivity contribution in [3.63, 3.8) is 0 Å². The largest absolute Gasteiger partial charge is 0.324 e. The van der Waals surface area contributed by atoms with Crippen molar-refractivity contribution >= 4 is 46.4 Å². The van der Waals surface area contributed by atoms with Crippen LogP contribution in [0.25, 0.3) is 0 Å². The molecule has 2 N–H and O–H groups in total. The van der Waals surface area contributed by atoms with E-state index in [0.717, 1.165) is 0 Å². The molecule has 0 fully saturated rings. The Morgan fingerprint density at radius 3 is 2.38 bits per heavy atom. The molecule has 1 heterocycles. The second kappa shape index (κ2) is 7.83. The molecule has 1 aromatic heterocycles. The number of nitrogens with one attached hydrogen (secondary N) is 2. The van der Waals surface area contributed by atoms with E-state index < -0.39 is 5.91 Å². The Morgan fingerprint density at radius 1 is 1.04 bits per heavy atom. The Kier molecular flexibility index (Phi) is 5.32. The summed E-state index contributed by atoms with van der Waals surface area (Å²) in [5.41, 5.74) is 1.70. The molecule has 0 atom stereocenters. The topological polar surface area (TPSA) is 90.7 Å². The number of anilines is 3. The zero-order valence-corrected chi connectivity index (χ0v) is 14.7. The van der Waals surface area contributed by atoms with Gasteiger partial charge in [0.25, 0.3) is 5.91 Å². The molecule has 0 bridgehead atoms. The summed E-state index contributed by atoms with van der Waals surface area (Å²) in [5.74, 6) is -0.224. The minimum Gasteiger partial charge on any atom is -0.324 e. The first-order valence-electron chi connectivity index (χ1n) is 7.42. The highest BCUT2D eigenvalue weighted by molar-refractivity contribution is 6.40. The second-order valence-corrected chi connectivity index (χ2v) is 5.94. The number of nitrogens with zero attached hydrogens (tertiary/aromatic N) is 3. The molecule has 3 rings (SSSR count). The van der Waals surface area contributed by atoms with E-state index >= 15 is 0 Å². The van der Waals surface area contributed by atoms with Crippen molar-refractivity contribution in [2.75, 3.05) is 10.6 Å². The van der Waals surface area contributed by atoms with E-state index in [2.05, 4.69) is 20.6 Å². The summed E-state index contributed by atoms with van der Waals surface area (Å²) in [4.78, 5) is 20.7. The van der Waals surface area contributed by atoms with Gasteiger partial charge in [-0.2, -0.15) is 5.26 Å². The average Bonchev–Trinajstić information content (AvgIpc) is 2.65. The van der Waals surface area contributed by atoms with Crippen LogP contribution in [0.3, 0.4) is 0 Å². The number of carbonyl (C=O) groups is 1. The van der Waals surface area contributed by atoms with Crippen LogP contribution >= 0.6 is 23.2 Å². The number of carbonyl (C=O) groups excluding carboxylic acids is 1. The van der Waals surface area contributed by atoms with Crippen molar-refractivity contribution in [3.8, 4) is 6.07 Å². The maximum Gasteiger partial charge on any atom is 0.274 e. The van der Waals surface area contributed by atoms with Gasteiger partial charge in [0.15, 0.2) is 0 Å². The Hall–Kier alpha value is -3.14. The summed E-state index contributed by atoms with van der Waals surface area (Å²) in [7, 11) is 0. The highest BCUT2D eigenvalue weighted by atomic mass is 35.5. The minimum absolute atomic E-state index is 0.145. The standard InChI is InChI=1S/C18H11Cl2N5O/c19-13-2-1-3-14(20)16(13)25-17(26)15-8-9-22-18(24-15)23-12-6-4-11(10-21)5-7-12/h1-9H,(H,25,26)(H,22,23,24). The van der Waals surface area contributed by atoms with E-state index in [1.165, 1.54) is 12.3 Å². The Labute approximate surface area is 159 Å².